The number of carbonyl (C=O) groups is 1. The number of terminal acetylenes is 1. The van der Waals surface area contributed by atoms with E-state index in [9.17, 15) is 4.79 Å². The lowest BCUT2D eigenvalue weighted by atomic mass is 10.1. The van der Waals surface area contributed by atoms with E-state index in [0.717, 1.165) is 16.8 Å². The highest BCUT2D eigenvalue weighted by molar-refractivity contribution is 5.87. The van der Waals surface area contributed by atoms with Crippen LogP contribution in [0, 0.1) is 19.3 Å². The third-order valence-electron chi connectivity index (χ3n) is 2.42. The molecule has 0 unspecified atom stereocenters. The largest absolute Gasteiger partial charge is 0.443 e. The Balaban J connectivity index is 2.91. The van der Waals surface area contributed by atoms with E-state index in [-0.39, 0.29) is 6.09 Å². The van der Waals surface area contributed by atoms with Gasteiger partial charge in [0.2, 0.25) is 0 Å². The van der Waals surface area contributed by atoms with Crippen molar-refractivity contribution in [3.8, 4) is 12.3 Å². The van der Waals surface area contributed by atoms with E-state index < -0.39 is 5.60 Å². The maximum Gasteiger partial charge on any atom is 0.414 e. The maximum absolute atomic E-state index is 11.9. The average molecular weight is 245 g/mol. The molecule has 0 saturated heterocycles. The first kappa shape index (κ1) is 14.1. The van der Waals surface area contributed by atoms with Crippen LogP contribution in [0.25, 0.3) is 0 Å². The summed E-state index contributed by atoms with van der Waals surface area (Å²) in [4.78, 5) is 13.4. The zero-order valence-corrected chi connectivity index (χ0v) is 11.6. The lowest BCUT2D eigenvalue weighted by Gasteiger charge is -2.25. The molecule has 0 radical (unpaired) electrons. The monoisotopic (exact) mass is 245 g/mol. The molecule has 0 saturated carbocycles. The Morgan fingerprint density at radius 2 is 2.00 bits per heavy atom. The molecule has 3 heteroatoms. The molecule has 0 spiro atoms. The molecule has 0 atom stereocenters. The van der Waals surface area contributed by atoms with Crippen molar-refractivity contribution in [3.05, 3.63) is 29.3 Å². The van der Waals surface area contributed by atoms with Crippen LogP contribution in [0.1, 0.15) is 31.9 Å². The molecule has 0 aliphatic heterocycles. The van der Waals surface area contributed by atoms with Gasteiger partial charge in [0.05, 0.1) is 0 Å². The molecule has 0 aliphatic carbocycles. The highest BCUT2D eigenvalue weighted by atomic mass is 16.6. The van der Waals surface area contributed by atoms with Crippen molar-refractivity contribution in [1.82, 2.24) is 0 Å². The van der Waals surface area contributed by atoms with Gasteiger partial charge in [0.15, 0.2) is 0 Å². The molecular weight excluding hydrogens is 226 g/mol. The number of anilines is 1. The average Bonchev–Trinajstić information content (AvgIpc) is 2.25. The number of amides is 1. The Morgan fingerprint density at radius 3 is 2.44 bits per heavy atom. The Bertz CT molecular complexity index is 492. The number of nitrogens with zero attached hydrogens (tertiary/aromatic N) is 1. The number of aryl methyl sites for hydroxylation is 1. The van der Waals surface area contributed by atoms with E-state index in [2.05, 4.69) is 5.92 Å². The summed E-state index contributed by atoms with van der Waals surface area (Å²) in [6.07, 6.45) is 4.99. The molecule has 0 aromatic heterocycles. The standard InChI is InChI=1S/C15H19NO2/c1-7-12-8-9-13(10-11(12)2)16(6)14(17)18-15(3,4)5/h1,8-10H,2-6H3. The molecule has 1 aromatic rings. The number of ether oxygens (including phenoxy) is 1. The Labute approximate surface area is 109 Å². The van der Waals surface area contributed by atoms with Crippen molar-refractivity contribution >= 4 is 11.8 Å². The second kappa shape index (κ2) is 5.14. The van der Waals surface area contributed by atoms with Gasteiger partial charge in [-0.05, 0) is 51.5 Å². The Morgan fingerprint density at radius 1 is 1.39 bits per heavy atom. The molecule has 0 fully saturated rings. The molecule has 0 aliphatic rings. The van der Waals surface area contributed by atoms with Crippen LogP contribution in [0.15, 0.2) is 18.2 Å². The molecule has 3 nitrogen and oxygen atoms in total. The summed E-state index contributed by atoms with van der Waals surface area (Å²) in [5, 5.41) is 0. The second-order valence-electron chi connectivity index (χ2n) is 5.18. The normalized spacial score (nSPS) is 10.7. The number of benzene rings is 1. The first-order chi connectivity index (χ1) is 8.24. The van der Waals surface area contributed by atoms with Crippen LogP contribution in [-0.4, -0.2) is 18.7 Å². The molecule has 1 amide bonds. The van der Waals surface area contributed by atoms with Gasteiger partial charge in [0.1, 0.15) is 5.60 Å². The Kier molecular flexibility index (Phi) is 4.03. The molecule has 1 rings (SSSR count). The van der Waals surface area contributed by atoms with Crippen molar-refractivity contribution < 1.29 is 9.53 Å². The topological polar surface area (TPSA) is 29.5 Å². The van der Waals surface area contributed by atoms with Crippen LogP contribution in [0.4, 0.5) is 10.5 Å². The first-order valence-electron chi connectivity index (χ1n) is 5.78. The SMILES string of the molecule is C#Cc1ccc(N(C)C(=O)OC(C)(C)C)cc1C. The third-order valence-corrected chi connectivity index (χ3v) is 2.42. The van der Waals surface area contributed by atoms with Crippen LogP contribution in [-0.2, 0) is 4.74 Å². The van der Waals surface area contributed by atoms with E-state index in [1.807, 2.05) is 45.9 Å². The van der Waals surface area contributed by atoms with E-state index in [1.165, 1.54) is 4.90 Å². The fraction of sp³-hybridized carbons (Fsp3) is 0.400. The van der Waals surface area contributed by atoms with Crippen LogP contribution in [0.3, 0.4) is 0 Å². The van der Waals surface area contributed by atoms with Crippen molar-refractivity contribution in [2.75, 3.05) is 11.9 Å². The predicted molar refractivity (Wildman–Crippen MR) is 73.8 cm³/mol. The minimum Gasteiger partial charge on any atom is -0.443 e. The summed E-state index contributed by atoms with van der Waals surface area (Å²) in [5.41, 5.74) is 2.06. The summed E-state index contributed by atoms with van der Waals surface area (Å²) in [5.74, 6) is 2.59. The molecule has 0 heterocycles. The van der Waals surface area contributed by atoms with Gasteiger partial charge in [-0.15, -0.1) is 6.42 Å². The fourth-order valence-electron chi connectivity index (χ4n) is 1.45. The van der Waals surface area contributed by atoms with Gasteiger partial charge in [-0.2, -0.15) is 0 Å². The van der Waals surface area contributed by atoms with Crippen LogP contribution < -0.4 is 4.90 Å². The summed E-state index contributed by atoms with van der Waals surface area (Å²) in [7, 11) is 1.68. The Hall–Kier alpha value is -1.95. The van der Waals surface area contributed by atoms with Crippen LogP contribution >= 0.6 is 0 Å². The quantitative estimate of drug-likeness (QED) is 0.710. The summed E-state index contributed by atoms with van der Waals surface area (Å²) < 4.78 is 5.30. The number of hydrogen-bond acceptors (Lipinski definition) is 2. The van der Waals surface area contributed by atoms with Crippen molar-refractivity contribution in [3.63, 3.8) is 0 Å². The van der Waals surface area contributed by atoms with E-state index in [1.54, 1.807) is 7.05 Å². The summed E-state index contributed by atoms with van der Waals surface area (Å²) in [6.45, 7) is 7.43. The van der Waals surface area contributed by atoms with Crippen LogP contribution in [0.2, 0.25) is 0 Å². The minimum atomic E-state index is -0.501. The van der Waals surface area contributed by atoms with Gasteiger partial charge >= 0.3 is 6.09 Å². The zero-order valence-electron chi connectivity index (χ0n) is 11.6. The van der Waals surface area contributed by atoms with Gasteiger partial charge < -0.3 is 4.74 Å². The fourth-order valence-corrected chi connectivity index (χ4v) is 1.45. The lowest BCUT2D eigenvalue weighted by molar-refractivity contribution is 0.0589. The molecular formula is C15H19NO2. The van der Waals surface area contributed by atoms with E-state index >= 15 is 0 Å². The van der Waals surface area contributed by atoms with Gasteiger partial charge in [-0.1, -0.05) is 5.92 Å². The summed E-state index contributed by atoms with van der Waals surface area (Å²) >= 11 is 0. The molecule has 1 aromatic carbocycles. The maximum atomic E-state index is 11.9. The van der Waals surface area contributed by atoms with E-state index in [0.29, 0.717) is 0 Å². The molecule has 0 N–H and O–H groups in total. The molecule has 96 valence electrons. The second-order valence-corrected chi connectivity index (χ2v) is 5.18. The minimum absolute atomic E-state index is 0.379. The number of carbonyl (C=O) groups excluding carboxylic acids is 1. The first-order valence-corrected chi connectivity index (χ1v) is 5.78. The van der Waals surface area contributed by atoms with Crippen molar-refractivity contribution in [2.45, 2.75) is 33.3 Å². The summed E-state index contributed by atoms with van der Waals surface area (Å²) in [6, 6.07) is 5.51. The van der Waals surface area contributed by atoms with Gasteiger partial charge in [0, 0.05) is 18.3 Å². The van der Waals surface area contributed by atoms with Gasteiger partial charge in [0.25, 0.3) is 0 Å². The van der Waals surface area contributed by atoms with Crippen molar-refractivity contribution in [1.29, 1.82) is 0 Å². The highest BCUT2D eigenvalue weighted by Crippen LogP contribution is 2.20. The van der Waals surface area contributed by atoms with Crippen LogP contribution in [0.5, 0.6) is 0 Å². The molecule has 0 bridgehead atoms. The van der Waals surface area contributed by atoms with E-state index in [4.69, 9.17) is 11.2 Å². The van der Waals surface area contributed by atoms with Gasteiger partial charge in [-0.3, -0.25) is 4.90 Å². The zero-order chi connectivity index (χ0) is 13.9. The highest BCUT2D eigenvalue weighted by Gasteiger charge is 2.20. The smallest absolute Gasteiger partial charge is 0.414 e. The number of rotatable bonds is 1. The van der Waals surface area contributed by atoms with Gasteiger partial charge in [-0.25, -0.2) is 4.79 Å². The third kappa shape index (κ3) is 3.53. The predicted octanol–water partition coefficient (Wildman–Crippen LogP) is 3.35. The van der Waals surface area contributed by atoms with Crippen molar-refractivity contribution in [2.24, 2.45) is 0 Å². The molecule has 18 heavy (non-hydrogen) atoms. The number of hydrogen-bond donors (Lipinski definition) is 0. The lowest BCUT2D eigenvalue weighted by Crippen LogP contribution is -2.34.